The van der Waals surface area contributed by atoms with Crippen LogP contribution in [0.1, 0.15) is 46.1 Å². The first kappa shape index (κ1) is 18.2. The summed E-state index contributed by atoms with van der Waals surface area (Å²) in [6.07, 6.45) is 1.95. The molecule has 2 saturated heterocycles. The van der Waals surface area contributed by atoms with Gasteiger partial charge in [-0.2, -0.15) is 0 Å². The summed E-state index contributed by atoms with van der Waals surface area (Å²) >= 11 is 0. The van der Waals surface area contributed by atoms with Crippen LogP contribution in [0.2, 0.25) is 0 Å². The van der Waals surface area contributed by atoms with E-state index >= 15 is 0 Å². The fourth-order valence-electron chi connectivity index (χ4n) is 4.02. The Hall–Kier alpha value is -1.59. The number of hydrogen-bond donors (Lipinski definition) is 0. The summed E-state index contributed by atoms with van der Waals surface area (Å²) in [5.41, 5.74) is 0.330. The Morgan fingerprint density at radius 2 is 1.96 bits per heavy atom. The molecule has 25 heavy (non-hydrogen) atoms. The van der Waals surface area contributed by atoms with E-state index in [1.54, 1.807) is 4.90 Å². The summed E-state index contributed by atoms with van der Waals surface area (Å²) < 4.78 is 11.5. The van der Waals surface area contributed by atoms with Crippen molar-refractivity contribution in [3.05, 3.63) is 35.9 Å². The van der Waals surface area contributed by atoms with Crippen LogP contribution in [-0.4, -0.2) is 53.0 Å². The predicted octanol–water partition coefficient (Wildman–Crippen LogP) is 3.63. The Morgan fingerprint density at radius 1 is 1.24 bits per heavy atom. The lowest BCUT2D eigenvalue weighted by molar-refractivity contribution is -0.0541. The second-order valence-corrected chi connectivity index (χ2v) is 8.21. The maximum absolute atomic E-state index is 12.7. The van der Waals surface area contributed by atoms with E-state index in [4.69, 9.17) is 9.47 Å². The maximum Gasteiger partial charge on any atom is 0.412 e. The molecular weight excluding hydrogens is 316 g/mol. The lowest BCUT2D eigenvalue weighted by Gasteiger charge is -2.37. The van der Waals surface area contributed by atoms with Crippen LogP contribution in [-0.2, 0) is 16.0 Å². The zero-order valence-electron chi connectivity index (χ0n) is 15.8. The number of nitrogens with zero attached hydrogens (tertiary/aromatic N) is 2. The first-order valence-electron chi connectivity index (χ1n) is 9.19. The van der Waals surface area contributed by atoms with Crippen molar-refractivity contribution >= 4 is 6.09 Å². The van der Waals surface area contributed by atoms with E-state index in [-0.39, 0.29) is 11.6 Å². The molecule has 2 fully saturated rings. The van der Waals surface area contributed by atoms with Crippen molar-refractivity contribution in [2.45, 2.75) is 64.4 Å². The molecule has 0 aliphatic carbocycles. The quantitative estimate of drug-likeness (QED) is 0.835. The van der Waals surface area contributed by atoms with Gasteiger partial charge in [-0.05, 0) is 52.6 Å². The van der Waals surface area contributed by atoms with E-state index in [9.17, 15) is 4.79 Å². The molecule has 0 bridgehead atoms. The number of hydrogen-bond acceptors (Lipinski definition) is 4. The van der Waals surface area contributed by atoms with Gasteiger partial charge >= 0.3 is 6.09 Å². The van der Waals surface area contributed by atoms with E-state index in [0.717, 1.165) is 25.9 Å². The van der Waals surface area contributed by atoms with Crippen molar-refractivity contribution in [1.82, 2.24) is 9.80 Å². The molecule has 0 saturated carbocycles. The standard InChI is InChI=1S/C20H30N2O3/c1-19(2)15-25-20(3,4)22(19)18(23)24-14-17-11-8-12-21(17)13-16-9-6-5-7-10-16/h5-7,9-10,17H,8,11-15H2,1-4H3/t17-/m0/s1. The van der Waals surface area contributed by atoms with Gasteiger partial charge in [0.15, 0.2) is 0 Å². The molecule has 2 aliphatic heterocycles. The van der Waals surface area contributed by atoms with Crippen LogP contribution >= 0.6 is 0 Å². The zero-order valence-corrected chi connectivity index (χ0v) is 15.8. The first-order valence-corrected chi connectivity index (χ1v) is 9.19. The summed E-state index contributed by atoms with van der Waals surface area (Å²) in [7, 11) is 0. The molecule has 0 radical (unpaired) electrons. The van der Waals surface area contributed by atoms with Crippen LogP contribution in [0.4, 0.5) is 4.79 Å². The Kier molecular flexibility index (Phi) is 5.07. The highest BCUT2D eigenvalue weighted by Gasteiger charge is 2.49. The number of ether oxygens (including phenoxy) is 2. The van der Waals surface area contributed by atoms with Crippen LogP contribution < -0.4 is 0 Å². The normalized spacial score (nSPS) is 25.3. The molecule has 1 atom stereocenters. The molecule has 5 heteroatoms. The summed E-state index contributed by atoms with van der Waals surface area (Å²) in [5, 5.41) is 0. The molecule has 1 amide bonds. The molecule has 0 spiro atoms. The Bertz CT molecular complexity index is 584. The predicted molar refractivity (Wildman–Crippen MR) is 97.2 cm³/mol. The molecular formula is C20H30N2O3. The third-order valence-corrected chi connectivity index (χ3v) is 5.23. The van der Waals surface area contributed by atoms with Crippen molar-refractivity contribution in [1.29, 1.82) is 0 Å². The van der Waals surface area contributed by atoms with Crippen molar-refractivity contribution in [2.24, 2.45) is 0 Å². The number of benzene rings is 1. The van der Waals surface area contributed by atoms with Gasteiger partial charge in [-0.3, -0.25) is 9.80 Å². The molecule has 2 heterocycles. The third kappa shape index (κ3) is 3.98. The number of amides is 1. The average molecular weight is 346 g/mol. The minimum Gasteiger partial charge on any atom is -0.448 e. The molecule has 3 rings (SSSR count). The highest BCUT2D eigenvalue weighted by Crippen LogP contribution is 2.35. The van der Waals surface area contributed by atoms with Gasteiger partial charge in [-0.15, -0.1) is 0 Å². The van der Waals surface area contributed by atoms with Gasteiger partial charge in [0.1, 0.15) is 12.3 Å². The molecule has 2 aliphatic rings. The molecule has 0 unspecified atom stereocenters. The van der Waals surface area contributed by atoms with Crippen LogP contribution in [0, 0.1) is 0 Å². The van der Waals surface area contributed by atoms with Crippen LogP contribution in [0.25, 0.3) is 0 Å². The second-order valence-electron chi connectivity index (χ2n) is 8.21. The molecule has 0 N–H and O–H groups in total. The molecule has 5 nitrogen and oxygen atoms in total. The Labute approximate surface area is 150 Å². The van der Waals surface area contributed by atoms with E-state index in [1.165, 1.54) is 5.56 Å². The number of likely N-dealkylation sites (tertiary alicyclic amines) is 1. The first-order chi connectivity index (χ1) is 11.8. The number of carbonyl (C=O) groups excluding carboxylic acids is 1. The maximum atomic E-state index is 12.7. The summed E-state index contributed by atoms with van der Waals surface area (Å²) in [5.74, 6) is 0. The van der Waals surface area contributed by atoms with Crippen LogP contribution in [0.5, 0.6) is 0 Å². The fourth-order valence-corrected chi connectivity index (χ4v) is 4.02. The SMILES string of the molecule is CC1(C)COC(C)(C)N1C(=O)OC[C@@H]1CCCN1Cc1ccccc1. The third-order valence-electron chi connectivity index (χ3n) is 5.23. The molecule has 138 valence electrons. The second kappa shape index (κ2) is 6.96. The monoisotopic (exact) mass is 346 g/mol. The minimum atomic E-state index is -0.625. The summed E-state index contributed by atoms with van der Waals surface area (Å²) in [6, 6.07) is 10.8. The average Bonchev–Trinajstić information content (AvgIpc) is 3.07. The zero-order chi connectivity index (χ0) is 18.1. The summed E-state index contributed by atoms with van der Waals surface area (Å²) in [6.45, 7) is 10.8. The van der Waals surface area contributed by atoms with Gasteiger partial charge in [0.25, 0.3) is 0 Å². The van der Waals surface area contributed by atoms with E-state index < -0.39 is 5.72 Å². The highest BCUT2D eigenvalue weighted by atomic mass is 16.6. The van der Waals surface area contributed by atoms with Gasteiger partial charge < -0.3 is 9.47 Å². The highest BCUT2D eigenvalue weighted by molar-refractivity contribution is 5.70. The Balaban J connectivity index is 1.58. The lowest BCUT2D eigenvalue weighted by Crippen LogP contribution is -2.53. The molecule has 1 aromatic rings. The van der Waals surface area contributed by atoms with Crippen molar-refractivity contribution in [2.75, 3.05) is 19.8 Å². The van der Waals surface area contributed by atoms with Gasteiger partial charge in [0.05, 0.1) is 12.1 Å². The molecule has 0 aromatic heterocycles. The fraction of sp³-hybridized carbons (Fsp3) is 0.650. The lowest BCUT2D eigenvalue weighted by atomic mass is 10.0. The van der Waals surface area contributed by atoms with Crippen LogP contribution in [0.3, 0.4) is 0 Å². The number of rotatable bonds is 4. The van der Waals surface area contributed by atoms with Crippen molar-refractivity contribution < 1.29 is 14.3 Å². The topological polar surface area (TPSA) is 42.0 Å². The minimum absolute atomic E-state index is 0.279. The van der Waals surface area contributed by atoms with Gasteiger partial charge in [-0.1, -0.05) is 30.3 Å². The van der Waals surface area contributed by atoms with Crippen molar-refractivity contribution in [3.8, 4) is 0 Å². The largest absolute Gasteiger partial charge is 0.448 e. The van der Waals surface area contributed by atoms with E-state index in [2.05, 4.69) is 29.2 Å². The summed E-state index contributed by atoms with van der Waals surface area (Å²) in [4.78, 5) is 16.9. The van der Waals surface area contributed by atoms with Crippen LogP contribution in [0.15, 0.2) is 30.3 Å². The number of carbonyl (C=O) groups is 1. The van der Waals surface area contributed by atoms with Gasteiger partial charge in [-0.25, -0.2) is 4.79 Å². The smallest absolute Gasteiger partial charge is 0.412 e. The van der Waals surface area contributed by atoms with Crippen molar-refractivity contribution in [3.63, 3.8) is 0 Å². The van der Waals surface area contributed by atoms with Gasteiger partial charge in [0, 0.05) is 12.6 Å². The van der Waals surface area contributed by atoms with E-state index in [1.807, 2.05) is 33.8 Å². The van der Waals surface area contributed by atoms with E-state index in [0.29, 0.717) is 19.3 Å². The Morgan fingerprint density at radius 3 is 2.60 bits per heavy atom. The van der Waals surface area contributed by atoms with Gasteiger partial charge in [0.2, 0.25) is 0 Å². The molecule has 1 aromatic carbocycles.